The number of fused-ring (bicyclic) bond motifs is 1. The summed E-state index contributed by atoms with van der Waals surface area (Å²) in [4.78, 5) is 66.4. The third-order valence-corrected chi connectivity index (χ3v) is 9.23. The summed E-state index contributed by atoms with van der Waals surface area (Å²) in [6.45, 7) is 6.64. The Hall–Kier alpha value is -3.04. The van der Waals surface area contributed by atoms with Crippen molar-refractivity contribution in [1.29, 1.82) is 0 Å². The van der Waals surface area contributed by atoms with Crippen LogP contribution in [0.15, 0.2) is 0 Å². The highest BCUT2D eigenvalue weighted by Crippen LogP contribution is 2.65. The minimum atomic E-state index is -5.25. The van der Waals surface area contributed by atoms with E-state index >= 15 is 0 Å². The summed E-state index contributed by atoms with van der Waals surface area (Å²) < 4.78 is 66.1. The van der Waals surface area contributed by atoms with Gasteiger partial charge in [-0.05, 0) is 35.5 Å². The second-order valence-corrected chi connectivity index (χ2v) is 13.8. The Balaban J connectivity index is 1.58. The largest absolute Gasteiger partial charge is 0.471 e. The Bertz CT molecular complexity index is 1180. The number of alkyl halides is 5. The molecule has 43 heavy (non-hydrogen) atoms. The van der Waals surface area contributed by atoms with Gasteiger partial charge in [-0.2, -0.15) is 13.2 Å². The Morgan fingerprint density at radius 2 is 1.67 bits per heavy atom. The van der Waals surface area contributed by atoms with Gasteiger partial charge in [0.05, 0.1) is 19.1 Å². The molecule has 4 fully saturated rings. The lowest BCUT2D eigenvalue weighted by atomic mass is 9.85. The Morgan fingerprint density at radius 3 is 2.16 bits per heavy atom. The van der Waals surface area contributed by atoms with Crippen LogP contribution in [0.3, 0.4) is 0 Å². The molecule has 0 bridgehead atoms. The number of carbonyl (C=O) groups is 5. The summed E-state index contributed by atoms with van der Waals surface area (Å²) in [5.74, 6) is -9.87. The molecule has 11 nitrogen and oxygen atoms in total. The normalized spacial score (nSPS) is 29.5. The Kier molecular flexibility index (Phi) is 8.29. The first-order valence-corrected chi connectivity index (χ1v) is 14.2. The number of halogens is 5. The van der Waals surface area contributed by atoms with Crippen molar-refractivity contribution in [2.75, 3.05) is 26.2 Å². The van der Waals surface area contributed by atoms with Crippen molar-refractivity contribution < 1.29 is 51.0 Å². The van der Waals surface area contributed by atoms with Gasteiger partial charge in [-0.1, -0.05) is 34.6 Å². The van der Waals surface area contributed by atoms with Crippen molar-refractivity contribution >= 4 is 29.5 Å². The van der Waals surface area contributed by atoms with E-state index in [2.05, 4.69) is 10.6 Å². The fourth-order valence-corrected chi connectivity index (χ4v) is 6.58. The lowest BCUT2D eigenvalue weighted by Gasteiger charge is -2.41. The van der Waals surface area contributed by atoms with E-state index in [9.17, 15) is 51.0 Å². The zero-order valence-corrected chi connectivity index (χ0v) is 24.6. The maximum Gasteiger partial charge on any atom is 0.471 e. The zero-order chi connectivity index (χ0) is 32.4. The second-order valence-electron chi connectivity index (χ2n) is 13.8. The van der Waals surface area contributed by atoms with Crippen LogP contribution >= 0.6 is 0 Å². The third kappa shape index (κ3) is 6.43. The second kappa shape index (κ2) is 10.8. The van der Waals surface area contributed by atoms with Gasteiger partial charge in [-0.3, -0.25) is 24.0 Å². The zero-order valence-electron chi connectivity index (χ0n) is 24.6. The van der Waals surface area contributed by atoms with Crippen LogP contribution in [0.1, 0.15) is 47.5 Å². The first-order valence-electron chi connectivity index (χ1n) is 14.2. The number of amides is 5. The molecule has 3 unspecified atom stereocenters. The Morgan fingerprint density at radius 1 is 1.07 bits per heavy atom. The molecule has 0 aromatic rings. The number of nitrogens with one attached hydrogen (secondary N) is 3. The molecule has 16 heteroatoms. The van der Waals surface area contributed by atoms with Gasteiger partial charge in [-0.25, -0.2) is 8.78 Å². The summed E-state index contributed by atoms with van der Waals surface area (Å²) in [6.07, 6.45) is -7.08. The monoisotopic (exact) mass is 623 g/mol. The lowest BCUT2D eigenvalue weighted by molar-refractivity contribution is -0.176. The molecule has 0 radical (unpaired) electrons. The topological polar surface area (TPSA) is 148 Å². The molecule has 3 saturated heterocycles. The number of hydrogen-bond acceptors (Lipinski definition) is 6. The minimum Gasteiger partial charge on any atom is -0.381 e. The number of aliphatic hydroxyl groups excluding tert-OH is 1. The van der Waals surface area contributed by atoms with Crippen LogP contribution in [0.25, 0.3) is 0 Å². The van der Waals surface area contributed by atoms with Crippen LogP contribution in [-0.4, -0.2) is 107 Å². The number of nitrogens with zero attached hydrogens (tertiary/aromatic N) is 2. The van der Waals surface area contributed by atoms with Crippen molar-refractivity contribution in [3.8, 4) is 0 Å². The van der Waals surface area contributed by atoms with Gasteiger partial charge in [-0.15, -0.1) is 0 Å². The summed E-state index contributed by atoms with van der Waals surface area (Å²) in [6, 6.07) is -4.25. The predicted molar refractivity (Wildman–Crippen MR) is 139 cm³/mol. The van der Waals surface area contributed by atoms with E-state index in [0.29, 0.717) is 13.0 Å². The molecule has 0 aromatic carbocycles. The van der Waals surface area contributed by atoms with Gasteiger partial charge in [0.2, 0.25) is 17.7 Å². The quantitative estimate of drug-likeness (QED) is 0.288. The highest BCUT2D eigenvalue weighted by atomic mass is 19.4. The molecule has 0 aromatic heterocycles. The number of hydrogen-bond donors (Lipinski definition) is 4. The molecule has 4 N–H and O–H groups in total. The van der Waals surface area contributed by atoms with Crippen LogP contribution in [0.5, 0.6) is 0 Å². The minimum absolute atomic E-state index is 0.0170. The average molecular weight is 624 g/mol. The summed E-state index contributed by atoms with van der Waals surface area (Å²) in [5.41, 5.74) is -1.61. The highest BCUT2D eigenvalue weighted by molar-refractivity contribution is 5.95. The van der Waals surface area contributed by atoms with Gasteiger partial charge >= 0.3 is 12.1 Å². The number of likely N-dealkylation sites (tertiary alicyclic amines) is 2. The van der Waals surface area contributed by atoms with E-state index in [0.717, 1.165) is 9.80 Å². The fraction of sp³-hybridized carbons (Fsp3) is 0.815. The molecule has 0 spiro atoms. The number of piperidine rings is 1. The lowest BCUT2D eigenvalue weighted by Crippen LogP contribution is -2.64. The molecule has 242 valence electrons. The summed E-state index contributed by atoms with van der Waals surface area (Å²) in [7, 11) is 0. The predicted octanol–water partition coefficient (Wildman–Crippen LogP) is 0.412. The van der Waals surface area contributed by atoms with E-state index in [4.69, 9.17) is 0 Å². The molecule has 4 aliphatic rings. The van der Waals surface area contributed by atoms with E-state index in [-0.39, 0.29) is 24.8 Å². The van der Waals surface area contributed by atoms with E-state index < -0.39 is 95.7 Å². The van der Waals surface area contributed by atoms with Crippen molar-refractivity contribution in [1.82, 2.24) is 25.8 Å². The van der Waals surface area contributed by atoms with E-state index in [1.54, 1.807) is 5.32 Å². The van der Waals surface area contributed by atoms with E-state index in [1.165, 1.54) is 20.8 Å². The highest BCUT2D eigenvalue weighted by Gasteiger charge is 2.70. The summed E-state index contributed by atoms with van der Waals surface area (Å²) >= 11 is 0. The molecule has 5 amide bonds. The van der Waals surface area contributed by atoms with Crippen LogP contribution in [-0.2, 0) is 24.0 Å². The standard InChI is InChI=1S/C27H38F5N5O6/c1-24(2,3)18(35-23(43)27(30,31)32)22(42)37-9-13-15(25(13,4)5)16(37)20(40)34-14(8-12-6-7-33-19(12)39)17(38)21(41)36-10-26(28,29)11-36/h12-18,38H,6-11H2,1-5H3,(H,33,39)(H,34,40)(H,35,43)/t12-,13-,14?,15-,16-,17?,18?/m0/s1. The summed E-state index contributed by atoms with van der Waals surface area (Å²) in [5, 5.41) is 17.9. The molecular formula is C27H38F5N5O6. The van der Waals surface area contributed by atoms with Gasteiger partial charge in [0.25, 0.3) is 11.8 Å². The van der Waals surface area contributed by atoms with Crippen molar-refractivity contribution in [3.05, 3.63) is 0 Å². The van der Waals surface area contributed by atoms with Gasteiger partial charge < -0.3 is 30.9 Å². The number of rotatable bonds is 8. The number of carbonyl (C=O) groups excluding carboxylic acids is 5. The van der Waals surface area contributed by atoms with Gasteiger partial charge in [0.1, 0.15) is 12.1 Å². The first-order chi connectivity index (χ1) is 19.6. The van der Waals surface area contributed by atoms with Gasteiger partial charge in [0, 0.05) is 19.0 Å². The van der Waals surface area contributed by atoms with Crippen molar-refractivity contribution in [3.63, 3.8) is 0 Å². The van der Waals surface area contributed by atoms with Crippen molar-refractivity contribution in [2.45, 2.75) is 83.8 Å². The molecule has 4 rings (SSSR count). The fourth-order valence-electron chi connectivity index (χ4n) is 6.58. The Labute approximate surface area is 245 Å². The molecule has 3 heterocycles. The maximum atomic E-state index is 13.9. The van der Waals surface area contributed by atoms with E-state index in [1.807, 2.05) is 13.8 Å². The molecular weight excluding hydrogens is 585 g/mol. The smallest absolute Gasteiger partial charge is 0.381 e. The maximum absolute atomic E-state index is 13.9. The van der Waals surface area contributed by atoms with Crippen LogP contribution < -0.4 is 16.0 Å². The average Bonchev–Trinajstić information content (AvgIpc) is 3.21. The molecule has 1 saturated carbocycles. The van der Waals surface area contributed by atoms with Gasteiger partial charge in [0.15, 0.2) is 6.10 Å². The molecule has 3 aliphatic heterocycles. The third-order valence-electron chi connectivity index (χ3n) is 9.23. The van der Waals surface area contributed by atoms with Crippen LogP contribution in [0.2, 0.25) is 0 Å². The first kappa shape index (κ1) is 32.9. The van der Waals surface area contributed by atoms with Crippen LogP contribution in [0.4, 0.5) is 22.0 Å². The number of aliphatic hydroxyl groups is 1. The van der Waals surface area contributed by atoms with Crippen molar-refractivity contribution in [2.24, 2.45) is 28.6 Å². The molecule has 1 aliphatic carbocycles. The van der Waals surface area contributed by atoms with Crippen LogP contribution in [0, 0.1) is 28.6 Å². The SMILES string of the molecule is CC(C)(C)C(NC(=O)C(F)(F)F)C(=O)N1C[C@H]2[C@@H]([C@H]1C(=O)NC(C[C@@H]1CCNC1=O)C(O)C(=O)N1CC(F)(F)C1)C2(C)C. The molecule has 7 atom stereocenters.